The van der Waals surface area contributed by atoms with Gasteiger partial charge in [0.1, 0.15) is 12.4 Å². The maximum atomic E-state index is 12.8. The van der Waals surface area contributed by atoms with Gasteiger partial charge in [0.2, 0.25) is 5.91 Å². The summed E-state index contributed by atoms with van der Waals surface area (Å²) in [5, 5.41) is 14.1. The lowest BCUT2D eigenvalue weighted by Gasteiger charge is -2.11. The summed E-state index contributed by atoms with van der Waals surface area (Å²) in [6, 6.07) is 22.9. The lowest BCUT2D eigenvalue weighted by atomic mass is 10.1. The third kappa shape index (κ3) is 7.19. The van der Waals surface area contributed by atoms with E-state index in [0.29, 0.717) is 33.3 Å². The molecule has 2 heterocycles. The predicted molar refractivity (Wildman–Crippen MR) is 158 cm³/mol. The van der Waals surface area contributed by atoms with Gasteiger partial charge < -0.3 is 10.1 Å². The Balaban J connectivity index is 1.23. The molecule has 0 spiro atoms. The smallest absolute Gasteiger partial charge is 0.236 e. The lowest BCUT2D eigenvalue weighted by Crippen LogP contribution is -2.14. The number of carbonyl (C=O) groups is 1. The maximum Gasteiger partial charge on any atom is 0.236 e. The van der Waals surface area contributed by atoms with Crippen molar-refractivity contribution in [2.45, 2.75) is 25.1 Å². The van der Waals surface area contributed by atoms with Gasteiger partial charge in [0.05, 0.1) is 5.75 Å². The number of benzene rings is 3. The SMILES string of the molecule is Cc1ccc(Cc2cnc(NC(=O)CSc3nnc(COc4ccc(Cl)cc4)n3-c3ccccc3)s2)cc1Cl. The number of rotatable bonds is 10. The molecule has 198 valence electrons. The first-order chi connectivity index (χ1) is 18.9. The molecule has 39 heavy (non-hydrogen) atoms. The molecule has 1 amide bonds. The number of aryl methyl sites for hydroxylation is 1. The van der Waals surface area contributed by atoms with Crippen molar-refractivity contribution < 1.29 is 9.53 Å². The fraction of sp³-hybridized carbons (Fsp3) is 0.143. The normalized spacial score (nSPS) is 10.9. The van der Waals surface area contributed by atoms with E-state index in [2.05, 4.69) is 20.5 Å². The van der Waals surface area contributed by atoms with E-state index in [1.54, 1.807) is 30.5 Å². The van der Waals surface area contributed by atoms with Crippen molar-refractivity contribution in [1.82, 2.24) is 19.7 Å². The zero-order valence-corrected chi connectivity index (χ0v) is 23.9. The van der Waals surface area contributed by atoms with Gasteiger partial charge in [0.25, 0.3) is 0 Å². The van der Waals surface area contributed by atoms with Crippen molar-refractivity contribution in [2.24, 2.45) is 0 Å². The van der Waals surface area contributed by atoms with E-state index >= 15 is 0 Å². The number of para-hydroxylation sites is 1. The minimum atomic E-state index is -0.180. The third-order valence-corrected chi connectivity index (χ3v) is 8.14. The van der Waals surface area contributed by atoms with E-state index in [4.69, 9.17) is 27.9 Å². The van der Waals surface area contributed by atoms with Crippen molar-refractivity contribution in [3.63, 3.8) is 0 Å². The van der Waals surface area contributed by atoms with Crippen LogP contribution in [0.2, 0.25) is 10.0 Å². The van der Waals surface area contributed by atoms with Crippen LogP contribution in [0, 0.1) is 6.92 Å². The van der Waals surface area contributed by atoms with Crippen molar-refractivity contribution in [3.05, 3.63) is 111 Å². The average Bonchev–Trinajstić information content (AvgIpc) is 3.56. The number of anilines is 1. The second-order valence-electron chi connectivity index (χ2n) is 8.54. The van der Waals surface area contributed by atoms with Crippen LogP contribution >= 0.6 is 46.3 Å². The summed E-state index contributed by atoms with van der Waals surface area (Å²) in [6.45, 7) is 2.17. The molecule has 3 aromatic carbocycles. The van der Waals surface area contributed by atoms with Crippen LogP contribution in [0.1, 0.15) is 21.8 Å². The van der Waals surface area contributed by atoms with E-state index in [1.807, 2.05) is 60.0 Å². The number of thioether (sulfide) groups is 1. The van der Waals surface area contributed by atoms with E-state index in [0.717, 1.165) is 26.7 Å². The zero-order chi connectivity index (χ0) is 27.2. The molecule has 0 aliphatic rings. The molecule has 5 rings (SSSR count). The van der Waals surface area contributed by atoms with E-state index < -0.39 is 0 Å². The van der Waals surface area contributed by atoms with Gasteiger partial charge in [-0.3, -0.25) is 9.36 Å². The molecule has 11 heteroatoms. The summed E-state index contributed by atoms with van der Waals surface area (Å²) in [5.41, 5.74) is 3.01. The summed E-state index contributed by atoms with van der Waals surface area (Å²) in [6.07, 6.45) is 2.48. The fourth-order valence-electron chi connectivity index (χ4n) is 3.68. The van der Waals surface area contributed by atoms with Gasteiger partial charge in [-0.2, -0.15) is 0 Å². The van der Waals surface area contributed by atoms with Gasteiger partial charge in [-0.05, 0) is 60.5 Å². The Hall–Kier alpha value is -3.37. The monoisotopic (exact) mass is 595 g/mol. The van der Waals surface area contributed by atoms with Gasteiger partial charge in [-0.15, -0.1) is 21.5 Å². The van der Waals surface area contributed by atoms with E-state index in [-0.39, 0.29) is 18.3 Å². The summed E-state index contributed by atoms with van der Waals surface area (Å²) in [4.78, 5) is 18.1. The molecule has 0 fully saturated rings. The van der Waals surface area contributed by atoms with Gasteiger partial charge in [0.15, 0.2) is 16.1 Å². The van der Waals surface area contributed by atoms with Crippen LogP contribution in [0.3, 0.4) is 0 Å². The Kier molecular flexibility index (Phi) is 8.83. The Labute approximate surface area is 244 Å². The van der Waals surface area contributed by atoms with Gasteiger partial charge in [-0.25, -0.2) is 4.98 Å². The minimum Gasteiger partial charge on any atom is -0.486 e. The van der Waals surface area contributed by atoms with E-state index in [1.165, 1.54) is 23.1 Å². The average molecular weight is 597 g/mol. The molecular weight excluding hydrogens is 573 g/mol. The summed E-state index contributed by atoms with van der Waals surface area (Å²) >= 11 is 15.0. The first-order valence-electron chi connectivity index (χ1n) is 11.9. The van der Waals surface area contributed by atoms with E-state index in [9.17, 15) is 4.79 Å². The molecule has 0 radical (unpaired) electrons. The first kappa shape index (κ1) is 27.2. The molecule has 0 unspecified atom stereocenters. The minimum absolute atomic E-state index is 0.144. The molecule has 2 aromatic heterocycles. The molecule has 0 atom stereocenters. The van der Waals surface area contributed by atoms with Crippen molar-refractivity contribution in [3.8, 4) is 11.4 Å². The predicted octanol–water partition coefficient (Wildman–Crippen LogP) is 7.24. The fourth-order valence-corrected chi connectivity index (χ4v) is 5.65. The highest BCUT2D eigenvalue weighted by atomic mass is 35.5. The van der Waals surface area contributed by atoms with Crippen LogP contribution < -0.4 is 10.1 Å². The molecule has 0 bridgehead atoms. The standard InChI is InChI=1S/C28H23Cl2N5O2S2/c1-18-7-8-19(14-24(18)30)13-23-15-31-27(39-23)32-26(36)17-38-28-34-33-25(35(28)21-5-3-2-4-6-21)16-37-22-11-9-20(29)10-12-22/h2-12,14-15H,13,16-17H2,1H3,(H,31,32,36). The molecule has 0 aliphatic carbocycles. The molecular formula is C28H23Cl2N5O2S2. The molecule has 1 N–H and O–H groups in total. The second kappa shape index (κ2) is 12.7. The van der Waals surface area contributed by atoms with Crippen molar-refractivity contribution in [1.29, 1.82) is 0 Å². The lowest BCUT2D eigenvalue weighted by molar-refractivity contribution is -0.113. The highest BCUT2D eigenvalue weighted by molar-refractivity contribution is 7.99. The van der Waals surface area contributed by atoms with Crippen LogP contribution in [-0.2, 0) is 17.8 Å². The van der Waals surface area contributed by atoms with Crippen LogP contribution in [0.4, 0.5) is 5.13 Å². The molecule has 7 nitrogen and oxygen atoms in total. The van der Waals surface area contributed by atoms with Crippen LogP contribution in [0.5, 0.6) is 5.75 Å². The van der Waals surface area contributed by atoms with Gasteiger partial charge >= 0.3 is 0 Å². The number of ether oxygens (including phenoxy) is 1. The van der Waals surface area contributed by atoms with Crippen LogP contribution in [0.15, 0.2) is 84.1 Å². The number of nitrogens with one attached hydrogen (secondary N) is 1. The quantitative estimate of drug-likeness (QED) is 0.171. The highest BCUT2D eigenvalue weighted by Gasteiger charge is 2.17. The summed E-state index contributed by atoms with van der Waals surface area (Å²) in [7, 11) is 0. The Bertz CT molecular complexity index is 1570. The third-order valence-electron chi connectivity index (χ3n) is 5.64. The largest absolute Gasteiger partial charge is 0.486 e. The Morgan fingerprint density at radius 2 is 1.85 bits per heavy atom. The van der Waals surface area contributed by atoms with Crippen LogP contribution in [-0.4, -0.2) is 31.4 Å². The Morgan fingerprint density at radius 1 is 1.05 bits per heavy atom. The number of carbonyl (C=O) groups excluding carboxylic acids is 1. The number of amides is 1. The van der Waals surface area contributed by atoms with Crippen molar-refractivity contribution in [2.75, 3.05) is 11.1 Å². The summed E-state index contributed by atoms with van der Waals surface area (Å²) in [5.74, 6) is 1.25. The number of hydrogen-bond acceptors (Lipinski definition) is 7. The van der Waals surface area contributed by atoms with Crippen molar-refractivity contribution >= 4 is 57.3 Å². The first-order valence-corrected chi connectivity index (χ1v) is 14.5. The summed E-state index contributed by atoms with van der Waals surface area (Å²) < 4.78 is 7.79. The molecule has 0 aliphatic heterocycles. The Morgan fingerprint density at radius 3 is 2.62 bits per heavy atom. The second-order valence-corrected chi connectivity index (χ2v) is 11.4. The van der Waals surface area contributed by atoms with Gasteiger partial charge in [0, 0.05) is 33.2 Å². The molecule has 0 saturated heterocycles. The maximum absolute atomic E-state index is 12.8. The number of aromatic nitrogens is 4. The molecule has 0 saturated carbocycles. The molecule has 5 aromatic rings. The number of halogens is 2. The number of thiazole rings is 1. The zero-order valence-electron chi connectivity index (χ0n) is 20.8. The van der Waals surface area contributed by atoms with Crippen LogP contribution in [0.25, 0.3) is 5.69 Å². The van der Waals surface area contributed by atoms with Gasteiger partial charge in [-0.1, -0.05) is 65.3 Å². The topological polar surface area (TPSA) is 81.9 Å². The highest BCUT2D eigenvalue weighted by Crippen LogP contribution is 2.26. The number of hydrogen-bond donors (Lipinski definition) is 1. The number of nitrogens with zero attached hydrogens (tertiary/aromatic N) is 4.